The van der Waals surface area contributed by atoms with Gasteiger partial charge in [-0.3, -0.25) is 5.41 Å². The third kappa shape index (κ3) is 5.78. The van der Waals surface area contributed by atoms with Crippen LogP contribution in [0.1, 0.15) is 27.2 Å². The summed E-state index contributed by atoms with van der Waals surface area (Å²) < 4.78 is 5.74. The van der Waals surface area contributed by atoms with Gasteiger partial charge in [-0.2, -0.15) is 0 Å². The van der Waals surface area contributed by atoms with Gasteiger partial charge in [-0.05, 0) is 36.7 Å². The van der Waals surface area contributed by atoms with Crippen molar-refractivity contribution < 1.29 is 9.53 Å². The number of carbonyl (C=O) groups is 1. The van der Waals surface area contributed by atoms with Gasteiger partial charge in [-0.25, -0.2) is 14.8 Å². The number of halogens is 1. The number of esters is 1. The highest BCUT2D eigenvalue weighted by Gasteiger charge is 2.16. The minimum absolute atomic E-state index is 0.0641. The molecule has 1 atom stereocenters. The lowest BCUT2D eigenvalue weighted by Gasteiger charge is -2.14. The van der Waals surface area contributed by atoms with Gasteiger partial charge < -0.3 is 10.1 Å². The Kier molecular flexibility index (Phi) is 5.88. The smallest absolute Gasteiger partial charge is 0.352 e. The molecule has 1 heterocycles. The van der Waals surface area contributed by atoms with E-state index in [2.05, 4.69) is 31.2 Å². The van der Waals surface area contributed by atoms with E-state index in [1.807, 2.05) is 6.92 Å². The maximum Gasteiger partial charge on any atom is 0.352 e. The number of ether oxygens (including phenoxy) is 1. The first-order valence-electron chi connectivity index (χ1n) is 5.91. The van der Waals surface area contributed by atoms with Gasteiger partial charge in [-0.15, -0.1) is 0 Å². The predicted octanol–water partition coefficient (Wildman–Crippen LogP) is 2.40. The fourth-order valence-corrected chi connectivity index (χ4v) is 1.54. The van der Waals surface area contributed by atoms with Crippen LogP contribution in [0.25, 0.3) is 0 Å². The zero-order valence-corrected chi connectivity index (χ0v) is 12.7. The van der Waals surface area contributed by atoms with Crippen molar-refractivity contribution >= 4 is 33.6 Å². The summed E-state index contributed by atoms with van der Waals surface area (Å²) in [5.74, 6) is -0.124. The Morgan fingerprint density at radius 3 is 2.53 bits per heavy atom. The second-order valence-corrected chi connectivity index (χ2v) is 5.32. The maximum absolute atomic E-state index is 11.5. The first-order chi connectivity index (χ1) is 8.88. The van der Waals surface area contributed by atoms with Crippen molar-refractivity contribution in [2.45, 2.75) is 39.3 Å². The van der Waals surface area contributed by atoms with E-state index in [1.54, 1.807) is 26.2 Å². The number of nitrogens with zero attached hydrogens (tertiary/aromatic N) is 2. The molecule has 1 rings (SSSR count). The number of nitrogens with one attached hydrogen (secondary N) is 2. The Labute approximate surface area is 120 Å². The third-order valence-corrected chi connectivity index (χ3v) is 2.50. The molecule has 0 amide bonds. The fraction of sp³-hybridized carbons (Fsp3) is 0.500. The van der Waals surface area contributed by atoms with Crippen molar-refractivity contribution in [2.75, 3.05) is 5.32 Å². The Bertz CT molecular complexity index is 448. The molecular formula is C12H17BrN4O2. The van der Waals surface area contributed by atoms with Crippen LogP contribution in [-0.4, -0.2) is 33.8 Å². The number of hydrogen-bond donors (Lipinski definition) is 2. The molecule has 0 aliphatic carbocycles. The van der Waals surface area contributed by atoms with E-state index in [0.717, 1.165) is 4.47 Å². The third-order valence-electron chi connectivity index (χ3n) is 2.10. The molecule has 7 heteroatoms. The van der Waals surface area contributed by atoms with Crippen LogP contribution in [0.4, 0.5) is 5.95 Å². The highest BCUT2D eigenvalue weighted by molar-refractivity contribution is 9.10. The minimum Gasteiger partial charge on any atom is -0.459 e. The molecule has 0 fully saturated rings. The van der Waals surface area contributed by atoms with Crippen LogP contribution in [0.15, 0.2) is 16.9 Å². The van der Waals surface area contributed by atoms with Crippen LogP contribution in [-0.2, 0) is 9.53 Å². The fourth-order valence-electron chi connectivity index (χ4n) is 1.33. The Balaban J connectivity index is 2.46. The molecule has 104 valence electrons. The summed E-state index contributed by atoms with van der Waals surface area (Å²) in [5, 5.41) is 10.7. The van der Waals surface area contributed by atoms with Crippen molar-refractivity contribution in [3.05, 3.63) is 16.9 Å². The summed E-state index contributed by atoms with van der Waals surface area (Å²) in [6, 6.07) is -0.131. The van der Waals surface area contributed by atoms with E-state index in [-0.39, 0.29) is 24.3 Å². The van der Waals surface area contributed by atoms with Gasteiger partial charge in [0, 0.05) is 24.9 Å². The quantitative estimate of drug-likeness (QED) is 0.618. The topological polar surface area (TPSA) is 88.0 Å². The van der Waals surface area contributed by atoms with E-state index in [1.165, 1.54) is 0 Å². The lowest BCUT2D eigenvalue weighted by Crippen LogP contribution is -2.27. The van der Waals surface area contributed by atoms with E-state index in [4.69, 9.17) is 10.1 Å². The average Bonchev–Trinajstić information content (AvgIpc) is 2.31. The summed E-state index contributed by atoms with van der Waals surface area (Å²) in [6.45, 7) is 5.35. The number of anilines is 1. The highest BCUT2D eigenvalue weighted by atomic mass is 79.9. The molecule has 0 unspecified atom stereocenters. The van der Waals surface area contributed by atoms with Crippen LogP contribution in [0.2, 0.25) is 0 Å². The molecule has 0 saturated heterocycles. The van der Waals surface area contributed by atoms with Gasteiger partial charge in [-0.1, -0.05) is 0 Å². The minimum atomic E-state index is -0.583. The summed E-state index contributed by atoms with van der Waals surface area (Å²) in [5.41, 5.74) is -0.0641. The summed E-state index contributed by atoms with van der Waals surface area (Å²) in [6.07, 6.45) is 3.29. The van der Waals surface area contributed by atoms with Gasteiger partial charge in [0.2, 0.25) is 5.95 Å². The molecule has 0 aliphatic heterocycles. The number of aromatic nitrogens is 2. The molecule has 1 aromatic rings. The molecule has 0 aliphatic rings. The number of hydrogen-bond acceptors (Lipinski definition) is 6. The van der Waals surface area contributed by atoms with Crippen LogP contribution in [0.5, 0.6) is 0 Å². The van der Waals surface area contributed by atoms with Gasteiger partial charge in [0.15, 0.2) is 0 Å². The van der Waals surface area contributed by atoms with Crippen molar-refractivity contribution in [1.29, 1.82) is 5.41 Å². The van der Waals surface area contributed by atoms with Crippen LogP contribution < -0.4 is 5.32 Å². The van der Waals surface area contributed by atoms with Gasteiger partial charge in [0.05, 0.1) is 10.6 Å². The summed E-state index contributed by atoms with van der Waals surface area (Å²) in [4.78, 5) is 19.6. The van der Waals surface area contributed by atoms with Gasteiger partial charge in [0.25, 0.3) is 0 Å². The molecule has 0 radical (unpaired) electrons. The van der Waals surface area contributed by atoms with Gasteiger partial charge in [0.1, 0.15) is 5.71 Å². The normalized spacial score (nSPS) is 12.1. The predicted molar refractivity (Wildman–Crippen MR) is 76.4 cm³/mol. The number of rotatable bonds is 6. The van der Waals surface area contributed by atoms with Crippen LogP contribution >= 0.6 is 15.9 Å². The van der Waals surface area contributed by atoms with E-state index in [9.17, 15) is 4.79 Å². The van der Waals surface area contributed by atoms with Crippen molar-refractivity contribution in [3.8, 4) is 0 Å². The molecule has 0 bridgehead atoms. The summed E-state index contributed by atoms with van der Waals surface area (Å²) in [7, 11) is 0. The number of carbonyl (C=O) groups excluding carboxylic acids is 1. The largest absolute Gasteiger partial charge is 0.459 e. The molecule has 2 N–H and O–H groups in total. The van der Waals surface area contributed by atoms with E-state index >= 15 is 0 Å². The molecule has 6 nitrogen and oxygen atoms in total. The standard InChI is InChI=1S/C12H17BrN4O2/c1-7(2)19-11(18)10(14)4-8(3)17-12-15-5-9(13)6-16-12/h5-8,14H,4H2,1-3H3,(H,15,16,17)/t8-/m0/s1. The molecule has 0 aromatic carbocycles. The van der Waals surface area contributed by atoms with Crippen LogP contribution in [0.3, 0.4) is 0 Å². The van der Waals surface area contributed by atoms with Crippen LogP contribution in [0, 0.1) is 5.41 Å². The van der Waals surface area contributed by atoms with Crippen molar-refractivity contribution in [2.24, 2.45) is 0 Å². The monoisotopic (exact) mass is 328 g/mol. The zero-order chi connectivity index (χ0) is 14.4. The highest BCUT2D eigenvalue weighted by Crippen LogP contribution is 2.09. The summed E-state index contributed by atoms with van der Waals surface area (Å²) >= 11 is 3.25. The Hall–Kier alpha value is -1.50. The Morgan fingerprint density at radius 1 is 1.42 bits per heavy atom. The zero-order valence-electron chi connectivity index (χ0n) is 11.1. The maximum atomic E-state index is 11.5. The first kappa shape index (κ1) is 15.6. The molecular weight excluding hydrogens is 312 g/mol. The van der Waals surface area contributed by atoms with E-state index in [0.29, 0.717) is 5.95 Å². The lowest BCUT2D eigenvalue weighted by atomic mass is 10.1. The average molecular weight is 329 g/mol. The lowest BCUT2D eigenvalue weighted by molar-refractivity contribution is -0.139. The molecule has 19 heavy (non-hydrogen) atoms. The Morgan fingerprint density at radius 2 is 2.00 bits per heavy atom. The van der Waals surface area contributed by atoms with E-state index < -0.39 is 5.97 Å². The second-order valence-electron chi connectivity index (χ2n) is 4.41. The molecule has 0 saturated carbocycles. The van der Waals surface area contributed by atoms with Crippen molar-refractivity contribution in [3.63, 3.8) is 0 Å². The molecule has 0 spiro atoms. The SMILES string of the molecule is CC(C)OC(=O)C(=N)C[C@H](C)Nc1ncc(Br)cn1. The van der Waals surface area contributed by atoms with Crippen molar-refractivity contribution in [1.82, 2.24) is 9.97 Å². The van der Waals surface area contributed by atoms with Gasteiger partial charge >= 0.3 is 5.97 Å². The molecule has 1 aromatic heterocycles. The second kappa shape index (κ2) is 7.18. The first-order valence-corrected chi connectivity index (χ1v) is 6.70.